The highest BCUT2D eigenvalue weighted by Gasteiger charge is 2.34. The van der Waals surface area contributed by atoms with E-state index >= 15 is 0 Å². The molecule has 0 radical (unpaired) electrons. The number of hydrogen-bond donors (Lipinski definition) is 0. The Balaban J connectivity index is 1.70. The van der Waals surface area contributed by atoms with Crippen LogP contribution in [0, 0.1) is 13.8 Å². The molecule has 0 spiro atoms. The average Bonchev–Trinajstić information content (AvgIpc) is 3.25. The Morgan fingerprint density at radius 2 is 2.17 bits per heavy atom. The number of amides is 1. The Hall–Kier alpha value is -2.70. The predicted octanol–water partition coefficient (Wildman–Crippen LogP) is 2.06. The second-order valence-electron chi connectivity index (χ2n) is 6.32. The minimum Gasteiger partial charge on any atom is -0.330 e. The fraction of sp³-hybridized carbons (Fsp3) is 0.412. The number of carbonyl (C=O) groups excluding carboxylic acids is 1. The molecule has 1 saturated heterocycles. The summed E-state index contributed by atoms with van der Waals surface area (Å²) < 4.78 is 3.67. The van der Waals surface area contributed by atoms with Crippen LogP contribution in [0.15, 0.2) is 24.7 Å². The largest absolute Gasteiger partial charge is 0.330 e. The molecule has 1 atom stereocenters. The van der Waals surface area contributed by atoms with Crippen LogP contribution in [0.3, 0.4) is 0 Å². The molecule has 0 aromatic carbocycles. The summed E-state index contributed by atoms with van der Waals surface area (Å²) in [5.74, 6) is 0.510. The van der Waals surface area contributed by atoms with Crippen molar-refractivity contribution >= 4 is 11.7 Å². The Bertz CT molecular complexity index is 891. The van der Waals surface area contributed by atoms with Crippen LogP contribution in [0.1, 0.15) is 46.3 Å². The van der Waals surface area contributed by atoms with Crippen molar-refractivity contribution < 1.29 is 4.79 Å². The number of nitrogens with zero attached hydrogens (tertiary/aromatic N) is 6. The molecule has 1 fully saturated rings. The van der Waals surface area contributed by atoms with E-state index in [-0.39, 0.29) is 11.9 Å². The third-order valence-corrected chi connectivity index (χ3v) is 4.87. The Morgan fingerprint density at radius 3 is 2.88 bits per heavy atom. The highest BCUT2D eigenvalue weighted by Crippen LogP contribution is 2.36. The molecule has 0 bridgehead atoms. The summed E-state index contributed by atoms with van der Waals surface area (Å²) in [7, 11) is 1.95. The van der Waals surface area contributed by atoms with Crippen LogP contribution < -0.4 is 0 Å². The number of hydrogen-bond acceptors (Lipinski definition) is 4. The second kappa shape index (κ2) is 5.43. The molecule has 0 aliphatic carbocycles. The highest BCUT2D eigenvalue weighted by atomic mass is 16.2. The first kappa shape index (κ1) is 14.9. The number of carbonyl (C=O) groups is 1. The van der Waals surface area contributed by atoms with Crippen LogP contribution >= 0.6 is 0 Å². The van der Waals surface area contributed by atoms with Crippen LogP contribution in [0.2, 0.25) is 0 Å². The lowest BCUT2D eigenvalue weighted by atomic mass is 10.0. The maximum Gasteiger partial charge on any atom is 0.274 e. The SMILES string of the molecule is Cc1nn(C)c(C)c1C1CCCN1C(=O)c1cn2cccnc2n1. The zero-order chi connectivity index (χ0) is 16.8. The lowest BCUT2D eigenvalue weighted by Gasteiger charge is -2.24. The number of rotatable bonds is 2. The van der Waals surface area contributed by atoms with Crippen molar-refractivity contribution in [1.29, 1.82) is 0 Å². The maximum atomic E-state index is 13.0. The normalized spacial score (nSPS) is 17.8. The summed E-state index contributed by atoms with van der Waals surface area (Å²) in [5.41, 5.74) is 3.73. The molecule has 24 heavy (non-hydrogen) atoms. The molecular weight excluding hydrogens is 304 g/mol. The van der Waals surface area contributed by atoms with E-state index in [9.17, 15) is 4.79 Å². The van der Waals surface area contributed by atoms with Gasteiger partial charge < -0.3 is 4.90 Å². The van der Waals surface area contributed by atoms with Gasteiger partial charge in [-0.1, -0.05) is 0 Å². The minimum atomic E-state index is -0.0364. The minimum absolute atomic E-state index is 0.0364. The van der Waals surface area contributed by atoms with Gasteiger partial charge in [-0.25, -0.2) is 9.97 Å². The Labute approximate surface area is 139 Å². The number of imidazole rings is 1. The van der Waals surface area contributed by atoms with Gasteiger partial charge in [0.1, 0.15) is 5.69 Å². The third-order valence-electron chi connectivity index (χ3n) is 4.87. The first-order chi connectivity index (χ1) is 11.6. The molecule has 4 rings (SSSR count). The smallest absolute Gasteiger partial charge is 0.274 e. The maximum absolute atomic E-state index is 13.0. The molecule has 124 valence electrons. The summed E-state index contributed by atoms with van der Waals surface area (Å²) in [6.45, 7) is 4.82. The summed E-state index contributed by atoms with van der Waals surface area (Å²) in [6.07, 6.45) is 7.24. The molecule has 0 saturated carbocycles. The van der Waals surface area contributed by atoms with Crippen LogP contribution in [-0.4, -0.2) is 41.5 Å². The first-order valence-corrected chi connectivity index (χ1v) is 8.17. The zero-order valence-electron chi connectivity index (χ0n) is 14.1. The first-order valence-electron chi connectivity index (χ1n) is 8.17. The van der Waals surface area contributed by atoms with Crippen molar-refractivity contribution in [2.45, 2.75) is 32.7 Å². The molecule has 3 aromatic rings. The van der Waals surface area contributed by atoms with E-state index in [0.29, 0.717) is 11.5 Å². The molecule has 0 N–H and O–H groups in total. The van der Waals surface area contributed by atoms with Crippen molar-refractivity contribution in [2.24, 2.45) is 7.05 Å². The molecule has 1 unspecified atom stereocenters. The zero-order valence-corrected chi connectivity index (χ0v) is 14.1. The van der Waals surface area contributed by atoms with Gasteiger partial charge in [-0.2, -0.15) is 5.10 Å². The Kier molecular flexibility index (Phi) is 3.37. The van der Waals surface area contributed by atoms with Crippen LogP contribution in [-0.2, 0) is 7.05 Å². The molecule has 4 heterocycles. The van der Waals surface area contributed by atoms with Gasteiger partial charge in [0, 0.05) is 43.4 Å². The lowest BCUT2D eigenvalue weighted by molar-refractivity contribution is 0.0729. The van der Waals surface area contributed by atoms with Crippen LogP contribution in [0.25, 0.3) is 5.78 Å². The van der Waals surface area contributed by atoms with Gasteiger partial charge in [-0.15, -0.1) is 0 Å². The molecule has 3 aromatic heterocycles. The van der Waals surface area contributed by atoms with Gasteiger partial charge in [-0.3, -0.25) is 13.9 Å². The third kappa shape index (κ3) is 2.19. The second-order valence-corrected chi connectivity index (χ2v) is 6.32. The van der Waals surface area contributed by atoms with E-state index < -0.39 is 0 Å². The van der Waals surface area contributed by atoms with Crippen molar-refractivity contribution in [1.82, 2.24) is 29.0 Å². The van der Waals surface area contributed by atoms with Gasteiger partial charge in [0.05, 0.1) is 11.7 Å². The van der Waals surface area contributed by atoms with E-state index in [4.69, 9.17) is 0 Å². The van der Waals surface area contributed by atoms with Crippen molar-refractivity contribution in [2.75, 3.05) is 6.54 Å². The molecule has 1 amide bonds. The monoisotopic (exact) mass is 324 g/mol. The number of aromatic nitrogens is 5. The van der Waals surface area contributed by atoms with E-state index in [2.05, 4.69) is 22.0 Å². The highest BCUT2D eigenvalue weighted by molar-refractivity contribution is 5.93. The standard InChI is InChI=1S/C17H20N6O/c1-11-15(12(2)21(3)20-11)14-6-4-9-23(14)16(24)13-10-22-8-5-7-18-17(22)19-13/h5,7-8,10,14H,4,6,9H2,1-3H3. The number of fused-ring (bicyclic) bond motifs is 1. The van der Waals surface area contributed by atoms with Gasteiger partial charge in [0.2, 0.25) is 5.78 Å². The van der Waals surface area contributed by atoms with E-state index in [1.165, 1.54) is 5.56 Å². The summed E-state index contributed by atoms with van der Waals surface area (Å²) in [4.78, 5) is 23.5. The quantitative estimate of drug-likeness (QED) is 0.723. The van der Waals surface area contributed by atoms with Crippen LogP contribution in [0.4, 0.5) is 0 Å². The van der Waals surface area contributed by atoms with E-state index in [0.717, 1.165) is 30.8 Å². The average molecular weight is 324 g/mol. The lowest BCUT2D eigenvalue weighted by Crippen LogP contribution is -2.31. The molecule has 7 nitrogen and oxygen atoms in total. The van der Waals surface area contributed by atoms with Crippen molar-refractivity contribution in [3.05, 3.63) is 47.3 Å². The fourth-order valence-corrected chi connectivity index (χ4v) is 3.66. The molecular formula is C17H20N6O. The topological polar surface area (TPSA) is 68.3 Å². The van der Waals surface area contributed by atoms with Gasteiger partial charge >= 0.3 is 0 Å². The van der Waals surface area contributed by atoms with Crippen molar-refractivity contribution in [3.8, 4) is 0 Å². The van der Waals surface area contributed by atoms with Crippen molar-refractivity contribution in [3.63, 3.8) is 0 Å². The van der Waals surface area contributed by atoms with Gasteiger partial charge in [0.25, 0.3) is 5.91 Å². The van der Waals surface area contributed by atoms with E-state index in [1.54, 1.807) is 16.8 Å². The van der Waals surface area contributed by atoms with Crippen LogP contribution in [0.5, 0.6) is 0 Å². The van der Waals surface area contributed by atoms with Gasteiger partial charge in [-0.05, 0) is 32.8 Å². The van der Waals surface area contributed by atoms with Gasteiger partial charge in [0.15, 0.2) is 0 Å². The number of aryl methyl sites for hydroxylation is 2. The predicted molar refractivity (Wildman–Crippen MR) is 88.7 cm³/mol. The molecule has 1 aliphatic rings. The molecule has 1 aliphatic heterocycles. The summed E-state index contributed by atoms with van der Waals surface area (Å²) >= 11 is 0. The summed E-state index contributed by atoms with van der Waals surface area (Å²) in [5, 5.41) is 4.51. The number of likely N-dealkylation sites (tertiary alicyclic amines) is 1. The fourth-order valence-electron chi connectivity index (χ4n) is 3.66. The molecule has 7 heteroatoms. The summed E-state index contributed by atoms with van der Waals surface area (Å²) in [6, 6.07) is 1.90. The Morgan fingerprint density at radius 1 is 1.33 bits per heavy atom. The van der Waals surface area contributed by atoms with E-state index in [1.807, 2.05) is 35.8 Å².